The van der Waals surface area contributed by atoms with Crippen molar-refractivity contribution >= 4 is 16.7 Å². The second kappa shape index (κ2) is 13.2. The Hall–Kier alpha value is -7.83. The molecule has 0 spiro atoms. The van der Waals surface area contributed by atoms with Gasteiger partial charge in [-0.2, -0.15) is 81.6 Å². The highest BCUT2D eigenvalue weighted by Crippen LogP contribution is 2.58. The van der Waals surface area contributed by atoms with Crippen LogP contribution in [0.25, 0.3) is 16.7 Å². The summed E-state index contributed by atoms with van der Waals surface area (Å²) in [4.78, 5) is 0. The lowest BCUT2D eigenvalue weighted by Crippen LogP contribution is -2.12. The normalized spacial score (nSPS) is 15.2. The zero-order valence-electron chi connectivity index (χ0n) is 25.0. The van der Waals surface area contributed by atoms with Crippen molar-refractivity contribution in [2.24, 2.45) is 0 Å². The van der Waals surface area contributed by atoms with Gasteiger partial charge < -0.3 is 0 Å². The maximum atomic E-state index is 14.5. The van der Waals surface area contributed by atoms with E-state index < -0.39 is 113 Å². The number of nitriles is 8. The predicted octanol–water partition coefficient (Wildman–Crippen LogP) is 8.35. The predicted molar refractivity (Wildman–Crippen MR) is 156 cm³/mol. The van der Waals surface area contributed by atoms with E-state index in [1.807, 2.05) is 0 Å². The maximum absolute atomic E-state index is 14.5. The zero-order chi connectivity index (χ0) is 38.9. The molecule has 4 rings (SSSR count). The summed E-state index contributed by atoms with van der Waals surface area (Å²) in [5.41, 5.74) is -19.7. The summed E-state index contributed by atoms with van der Waals surface area (Å²) < 4.78 is 129. The van der Waals surface area contributed by atoms with E-state index in [0.29, 0.717) is 42.5 Å². The van der Waals surface area contributed by atoms with Gasteiger partial charge in [-0.15, -0.1) is 0 Å². The number of halogens is 9. The van der Waals surface area contributed by atoms with E-state index in [9.17, 15) is 81.6 Å². The minimum absolute atomic E-state index is 0.367. The number of alkyl halides is 9. The molecular formula is C35H7F9N8. The van der Waals surface area contributed by atoms with Gasteiger partial charge in [-0.05, 0) is 42.5 Å². The third-order valence-corrected chi connectivity index (χ3v) is 7.38. The third-order valence-electron chi connectivity index (χ3n) is 7.38. The van der Waals surface area contributed by atoms with Crippen LogP contribution < -0.4 is 0 Å². The van der Waals surface area contributed by atoms with Gasteiger partial charge >= 0.3 is 18.5 Å². The molecule has 1 aliphatic rings. The van der Waals surface area contributed by atoms with Gasteiger partial charge in [-0.25, -0.2) is 0 Å². The summed E-state index contributed by atoms with van der Waals surface area (Å²) in [6, 6.07) is 14.5. The minimum atomic E-state index is -5.48. The Morgan fingerprint density at radius 2 is 0.750 bits per heavy atom. The van der Waals surface area contributed by atoms with Gasteiger partial charge in [0.1, 0.15) is 18.2 Å². The summed E-state index contributed by atoms with van der Waals surface area (Å²) in [5, 5.41) is 78.0. The fourth-order valence-electron chi connectivity index (χ4n) is 5.35. The first-order chi connectivity index (χ1) is 24.4. The van der Waals surface area contributed by atoms with Crippen LogP contribution in [0, 0.1) is 90.6 Å². The van der Waals surface area contributed by atoms with Crippen LogP contribution in [0.1, 0.15) is 61.2 Å². The van der Waals surface area contributed by atoms with Crippen molar-refractivity contribution in [1.29, 1.82) is 42.1 Å². The Morgan fingerprint density at radius 1 is 0.404 bits per heavy atom. The lowest BCUT2D eigenvalue weighted by atomic mass is 9.91. The molecule has 0 unspecified atom stereocenters. The van der Waals surface area contributed by atoms with E-state index >= 15 is 0 Å². The molecule has 1 aliphatic carbocycles. The largest absolute Gasteiger partial charge is 0.418 e. The lowest BCUT2D eigenvalue weighted by Gasteiger charge is -2.15. The molecule has 0 heterocycles. The molecule has 8 nitrogen and oxygen atoms in total. The first-order valence-corrected chi connectivity index (χ1v) is 13.5. The lowest BCUT2D eigenvalue weighted by molar-refractivity contribution is -0.138. The van der Waals surface area contributed by atoms with Gasteiger partial charge in [-0.1, -0.05) is 0 Å². The SMILES string of the molecule is N#CC(=C1C(=C(\C#N)c2cc(C#N)ccc2C(F)(F)F)/C1=C(\C#N)c1cc(C#N)cc(C#N)c1C(F)(F)F)c1cc(C#N)cc(C#N)c1C(F)(F)F. The highest BCUT2D eigenvalue weighted by Gasteiger charge is 2.47. The molecule has 3 aromatic rings. The fraction of sp³-hybridized carbons (Fsp3) is 0.0857. The molecule has 0 aromatic heterocycles. The van der Waals surface area contributed by atoms with Crippen LogP contribution in [0.4, 0.5) is 39.5 Å². The average Bonchev–Trinajstić information content (AvgIpc) is 3.79. The molecule has 0 radical (unpaired) electrons. The number of hydrogen-bond donors (Lipinski definition) is 0. The van der Waals surface area contributed by atoms with Gasteiger partial charge in [0.25, 0.3) is 0 Å². The van der Waals surface area contributed by atoms with Crippen LogP contribution in [0.15, 0.2) is 59.2 Å². The number of hydrogen-bond acceptors (Lipinski definition) is 8. The Balaban J connectivity index is 2.43. The number of allylic oxidation sites excluding steroid dienone is 6. The zero-order valence-corrected chi connectivity index (χ0v) is 25.0. The van der Waals surface area contributed by atoms with Crippen LogP contribution in [-0.4, -0.2) is 0 Å². The molecule has 0 bridgehead atoms. The van der Waals surface area contributed by atoms with E-state index in [-0.39, 0.29) is 0 Å². The van der Waals surface area contributed by atoms with E-state index in [2.05, 4.69) is 0 Å². The first-order valence-electron chi connectivity index (χ1n) is 13.5. The molecule has 0 amide bonds. The molecule has 1 saturated carbocycles. The summed E-state index contributed by atoms with van der Waals surface area (Å²) in [5.74, 6) is 0. The minimum Gasteiger partial charge on any atom is -0.192 e. The summed E-state index contributed by atoms with van der Waals surface area (Å²) in [6.07, 6.45) is -16.2. The Labute approximate surface area is 285 Å². The average molecular weight is 710 g/mol. The number of rotatable bonds is 3. The van der Waals surface area contributed by atoms with Crippen molar-refractivity contribution in [3.8, 4) is 48.6 Å². The molecule has 0 N–H and O–H groups in total. The quantitative estimate of drug-likeness (QED) is 0.191. The molecule has 0 saturated heterocycles. The second-order valence-corrected chi connectivity index (χ2v) is 10.3. The molecule has 1 fully saturated rings. The number of nitrogens with zero attached hydrogens (tertiary/aromatic N) is 8. The topological polar surface area (TPSA) is 190 Å². The van der Waals surface area contributed by atoms with Gasteiger partial charge in [0, 0.05) is 33.4 Å². The van der Waals surface area contributed by atoms with E-state index in [1.54, 1.807) is 0 Å². The standard InChI is InChI=1S/C35H7F9N8/c36-33(37,38)27-2-1-16(8-45)5-21(27)24(13-50)28-29(25(14-51)22-6-17(9-46)3-19(11-48)31(22)34(39,40)41)30(28)26(15-52)23-7-18(10-47)4-20(12-49)32(23)35(42,43)44/h1-7H/b28-24-,29-25?,30-26-. The highest BCUT2D eigenvalue weighted by molar-refractivity contribution is 6.13. The Bertz CT molecular complexity index is 2430. The Kier molecular flexibility index (Phi) is 9.41. The molecule has 0 aliphatic heterocycles. The van der Waals surface area contributed by atoms with Crippen molar-refractivity contribution in [2.75, 3.05) is 0 Å². The van der Waals surface area contributed by atoms with Gasteiger partial charge in [0.2, 0.25) is 0 Å². The molecule has 250 valence electrons. The van der Waals surface area contributed by atoms with Crippen LogP contribution >= 0.6 is 0 Å². The first kappa shape index (κ1) is 37.0. The van der Waals surface area contributed by atoms with Crippen molar-refractivity contribution in [2.45, 2.75) is 18.5 Å². The van der Waals surface area contributed by atoms with Crippen LogP contribution in [-0.2, 0) is 18.5 Å². The van der Waals surface area contributed by atoms with Crippen LogP contribution in [0.2, 0.25) is 0 Å². The van der Waals surface area contributed by atoms with Crippen LogP contribution in [0.3, 0.4) is 0 Å². The maximum Gasteiger partial charge on any atom is 0.418 e. The van der Waals surface area contributed by atoms with Crippen molar-refractivity contribution in [3.63, 3.8) is 0 Å². The van der Waals surface area contributed by atoms with Crippen LogP contribution in [0.5, 0.6) is 0 Å². The third kappa shape index (κ3) is 6.46. The van der Waals surface area contributed by atoms with Crippen molar-refractivity contribution < 1.29 is 39.5 Å². The monoisotopic (exact) mass is 710 g/mol. The molecule has 52 heavy (non-hydrogen) atoms. The van der Waals surface area contributed by atoms with E-state index in [1.165, 1.54) is 48.6 Å². The molecule has 0 atom stereocenters. The van der Waals surface area contributed by atoms with Gasteiger partial charge in [0.05, 0.1) is 91.6 Å². The summed E-state index contributed by atoms with van der Waals surface area (Å²) >= 11 is 0. The Morgan fingerprint density at radius 3 is 1.04 bits per heavy atom. The molecule has 17 heteroatoms. The highest BCUT2D eigenvalue weighted by atomic mass is 19.4. The summed E-state index contributed by atoms with van der Waals surface area (Å²) in [7, 11) is 0. The van der Waals surface area contributed by atoms with E-state index in [0.717, 1.165) is 0 Å². The number of benzene rings is 3. The molecule has 3 aromatic carbocycles. The second-order valence-electron chi connectivity index (χ2n) is 10.3. The van der Waals surface area contributed by atoms with Gasteiger partial charge in [0.15, 0.2) is 0 Å². The van der Waals surface area contributed by atoms with Gasteiger partial charge in [-0.3, -0.25) is 0 Å². The van der Waals surface area contributed by atoms with Crippen molar-refractivity contribution in [1.82, 2.24) is 0 Å². The van der Waals surface area contributed by atoms with E-state index in [4.69, 9.17) is 0 Å². The molecular weight excluding hydrogens is 703 g/mol. The smallest absolute Gasteiger partial charge is 0.192 e. The fourth-order valence-corrected chi connectivity index (χ4v) is 5.35. The summed E-state index contributed by atoms with van der Waals surface area (Å²) in [6.45, 7) is 0. The van der Waals surface area contributed by atoms with Crippen molar-refractivity contribution in [3.05, 3.63) is 120 Å².